The molecule has 0 amide bonds. The average Bonchev–Trinajstić information content (AvgIpc) is 2.66. The normalized spacial score (nSPS) is 11.2. The Morgan fingerprint density at radius 1 is 1.30 bits per heavy atom. The van der Waals surface area contributed by atoms with E-state index in [0.29, 0.717) is 23.3 Å². The zero-order valence-corrected chi connectivity index (χ0v) is 17.0. The molecule has 0 aliphatic heterocycles. The highest BCUT2D eigenvalue weighted by Crippen LogP contribution is 2.32. The van der Waals surface area contributed by atoms with E-state index in [1.54, 1.807) is 18.2 Å². The zero-order chi connectivity index (χ0) is 22.9. The van der Waals surface area contributed by atoms with E-state index in [0.717, 1.165) is 13.0 Å². The molecule has 0 atom stereocenters. The number of guanidine groups is 1. The number of halogens is 4. The number of benzene rings is 1. The van der Waals surface area contributed by atoms with Crippen LogP contribution in [0.1, 0.15) is 18.1 Å². The number of nitrogens with two attached hydrogens (primary N) is 1. The Kier molecular flexibility index (Phi) is 9.18. The topological polar surface area (TPSA) is 119 Å². The summed E-state index contributed by atoms with van der Waals surface area (Å²) in [5.74, 6) is 0.179. The minimum Gasteiger partial charge on any atom is -0.496 e. The van der Waals surface area contributed by atoms with Crippen molar-refractivity contribution in [3.05, 3.63) is 46.6 Å². The monoisotopic (exact) mass is 448 g/mol. The first kappa shape index (κ1) is 24.8. The first-order valence-electron chi connectivity index (χ1n) is 8.18. The van der Waals surface area contributed by atoms with Crippen LogP contribution >= 0.6 is 11.6 Å². The second-order valence-corrected chi connectivity index (χ2v) is 5.95. The van der Waals surface area contributed by atoms with Crippen LogP contribution in [-0.2, 0) is 17.5 Å². The van der Waals surface area contributed by atoms with Gasteiger partial charge in [0.15, 0.2) is 11.8 Å². The molecule has 0 bridgehead atoms. The number of methoxy groups -OCH3 is 2. The molecule has 30 heavy (non-hydrogen) atoms. The molecule has 0 spiro atoms. The standard InChI is InChI=1S/C16H16ClF3N4O2.C2H4O2/c1-25-12-4-3-5-13(26-2)10(12)8-23-15(21)24-14-11(17)6-9(7-22-14)16(18,19)20;1-2(3)4/h3-7H,8H2,1-2H3,(H3,21,22,23,24);1H3,(H,3,4). The van der Waals surface area contributed by atoms with Gasteiger partial charge in [-0.25, -0.2) is 9.98 Å². The summed E-state index contributed by atoms with van der Waals surface area (Å²) in [6.45, 7) is 1.20. The van der Waals surface area contributed by atoms with E-state index >= 15 is 0 Å². The van der Waals surface area contributed by atoms with Gasteiger partial charge >= 0.3 is 6.18 Å². The molecule has 2 rings (SSSR count). The number of hydrogen-bond donors (Lipinski definition) is 3. The van der Waals surface area contributed by atoms with Gasteiger partial charge in [0.1, 0.15) is 11.5 Å². The van der Waals surface area contributed by atoms with E-state index < -0.39 is 17.7 Å². The average molecular weight is 449 g/mol. The molecule has 1 heterocycles. The number of rotatable bonds is 5. The van der Waals surface area contributed by atoms with E-state index in [1.165, 1.54) is 14.2 Å². The summed E-state index contributed by atoms with van der Waals surface area (Å²) >= 11 is 5.82. The fraction of sp³-hybridized carbons (Fsp3) is 0.278. The summed E-state index contributed by atoms with van der Waals surface area (Å²) < 4.78 is 48.4. The largest absolute Gasteiger partial charge is 0.496 e. The molecular weight excluding hydrogens is 429 g/mol. The predicted molar refractivity (Wildman–Crippen MR) is 106 cm³/mol. The van der Waals surface area contributed by atoms with Gasteiger partial charge in [-0.3, -0.25) is 4.79 Å². The van der Waals surface area contributed by atoms with Gasteiger partial charge in [0.25, 0.3) is 5.97 Å². The smallest absolute Gasteiger partial charge is 0.417 e. The fourth-order valence-corrected chi connectivity index (χ4v) is 2.31. The van der Waals surface area contributed by atoms with Crippen molar-refractivity contribution in [2.24, 2.45) is 10.7 Å². The molecule has 8 nitrogen and oxygen atoms in total. The molecule has 4 N–H and O–H groups in total. The fourth-order valence-electron chi connectivity index (χ4n) is 2.09. The van der Waals surface area contributed by atoms with Crippen LogP contribution in [0.3, 0.4) is 0 Å². The molecule has 1 aromatic carbocycles. The van der Waals surface area contributed by atoms with Crippen LogP contribution in [0, 0.1) is 0 Å². The first-order valence-corrected chi connectivity index (χ1v) is 8.56. The molecule has 0 saturated carbocycles. The number of carboxylic acid groups (broad SMARTS) is 1. The molecular formula is C18H20ClF3N4O4. The first-order chi connectivity index (χ1) is 14.0. The second-order valence-electron chi connectivity index (χ2n) is 5.54. The highest BCUT2D eigenvalue weighted by molar-refractivity contribution is 6.33. The van der Waals surface area contributed by atoms with Crippen molar-refractivity contribution in [2.45, 2.75) is 19.6 Å². The van der Waals surface area contributed by atoms with Gasteiger partial charge in [-0.1, -0.05) is 17.7 Å². The van der Waals surface area contributed by atoms with Crippen LogP contribution in [-0.4, -0.2) is 36.2 Å². The van der Waals surface area contributed by atoms with E-state index in [4.69, 9.17) is 36.7 Å². The quantitative estimate of drug-likeness (QED) is 0.470. The molecule has 0 unspecified atom stereocenters. The van der Waals surface area contributed by atoms with Crippen molar-refractivity contribution in [2.75, 3.05) is 19.5 Å². The Morgan fingerprint density at radius 2 is 1.83 bits per heavy atom. The number of aliphatic imine (C=N–C) groups is 1. The summed E-state index contributed by atoms with van der Waals surface area (Å²) in [7, 11) is 3.02. The Bertz CT molecular complexity index is 881. The van der Waals surface area contributed by atoms with E-state index in [9.17, 15) is 13.2 Å². The Balaban J connectivity index is 0.00000103. The van der Waals surface area contributed by atoms with Crippen molar-refractivity contribution in [1.82, 2.24) is 4.98 Å². The minimum absolute atomic E-state index is 0.0343. The van der Waals surface area contributed by atoms with E-state index in [1.807, 2.05) is 0 Å². The second kappa shape index (κ2) is 11.1. The third kappa shape index (κ3) is 7.66. The van der Waals surface area contributed by atoms with Crippen LogP contribution in [0.25, 0.3) is 0 Å². The lowest BCUT2D eigenvalue weighted by atomic mass is 10.2. The van der Waals surface area contributed by atoms with Gasteiger partial charge in [-0.05, 0) is 18.2 Å². The lowest BCUT2D eigenvalue weighted by molar-refractivity contribution is -0.138. The molecule has 0 radical (unpaired) electrons. The number of nitrogens with one attached hydrogen (secondary N) is 1. The van der Waals surface area contributed by atoms with Crippen molar-refractivity contribution in [3.8, 4) is 11.5 Å². The maximum Gasteiger partial charge on any atom is 0.417 e. The third-order valence-corrected chi connectivity index (χ3v) is 3.64. The molecule has 164 valence electrons. The summed E-state index contributed by atoms with van der Waals surface area (Å²) in [4.78, 5) is 16.8. The number of aromatic nitrogens is 1. The van der Waals surface area contributed by atoms with Crippen LogP contribution in [0.5, 0.6) is 11.5 Å². The number of ether oxygens (including phenoxy) is 2. The number of carboxylic acids is 1. The zero-order valence-electron chi connectivity index (χ0n) is 16.2. The molecule has 0 aliphatic rings. The van der Waals surface area contributed by atoms with Crippen molar-refractivity contribution >= 4 is 29.3 Å². The van der Waals surface area contributed by atoms with Crippen LogP contribution < -0.4 is 20.5 Å². The SMILES string of the molecule is CC(=O)O.COc1cccc(OC)c1CN=C(N)Nc1ncc(C(F)(F)F)cc1Cl. The van der Waals surface area contributed by atoms with Crippen LogP contribution in [0.2, 0.25) is 5.02 Å². The molecule has 0 aliphatic carbocycles. The number of carbonyl (C=O) groups is 1. The van der Waals surface area contributed by atoms with Crippen molar-refractivity contribution in [1.29, 1.82) is 0 Å². The van der Waals surface area contributed by atoms with Gasteiger partial charge in [0, 0.05) is 13.1 Å². The van der Waals surface area contributed by atoms with Crippen molar-refractivity contribution < 1.29 is 32.5 Å². The van der Waals surface area contributed by atoms with Crippen LogP contribution in [0.4, 0.5) is 19.0 Å². The Hall–Kier alpha value is -3.21. The van der Waals surface area contributed by atoms with Gasteiger partial charge < -0.3 is 25.6 Å². The summed E-state index contributed by atoms with van der Waals surface area (Å²) in [6.07, 6.45) is -3.88. The maximum atomic E-state index is 12.6. The number of pyridine rings is 1. The van der Waals surface area contributed by atoms with Gasteiger partial charge in [0.2, 0.25) is 0 Å². The number of nitrogens with zero attached hydrogens (tertiary/aromatic N) is 2. The van der Waals surface area contributed by atoms with E-state index in [-0.39, 0.29) is 23.3 Å². The summed E-state index contributed by atoms with van der Waals surface area (Å²) in [5, 5.41) is 9.76. The highest BCUT2D eigenvalue weighted by Gasteiger charge is 2.31. The summed E-state index contributed by atoms with van der Waals surface area (Å²) in [6, 6.07) is 6.00. The maximum absolute atomic E-state index is 12.6. The highest BCUT2D eigenvalue weighted by atomic mass is 35.5. The number of hydrogen-bond acceptors (Lipinski definition) is 5. The van der Waals surface area contributed by atoms with Gasteiger partial charge in [0.05, 0.1) is 36.9 Å². The Labute approximate surface area is 175 Å². The number of alkyl halides is 3. The van der Waals surface area contributed by atoms with Crippen molar-refractivity contribution in [3.63, 3.8) is 0 Å². The van der Waals surface area contributed by atoms with Gasteiger partial charge in [-0.2, -0.15) is 13.2 Å². The predicted octanol–water partition coefficient (Wildman–Crippen LogP) is 3.79. The molecule has 0 saturated heterocycles. The lowest BCUT2D eigenvalue weighted by Gasteiger charge is -2.12. The van der Waals surface area contributed by atoms with Gasteiger partial charge in [-0.15, -0.1) is 0 Å². The van der Waals surface area contributed by atoms with E-state index in [2.05, 4.69) is 15.3 Å². The molecule has 12 heteroatoms. The Morgan fingerprint density at radius 3 is 2.27 bits per heavy atom. The van der Waals surface area contributed by atoms with Crippen LogP contribution in [0.15, 0.2) is 35.5 Å². The molecule has 2 aromatic rings. The number of anilines is 1. The molecule has 0 fully saturated rings. The number of aliphatic carboxylic acids is 1. The lowest BCUT2D eigenvalue weighted by Crippen LogP contribution is -2.23. The molecule has 1 aromatic heterocycles. The third-order valence-electron chi connectivity index (χ3n) is 3.35. The summed E-state index contributed by atoms with van der Waals surface area (Å²) in [5.41, 5.74) is 5.47. The minimum atomic E-state index is -4.53.